The summed E-state index contributed by atoms with van der Waals surface area (Å²) in [7, 11) is 0. The molecule has 31 heavy (non-hydrogen) atoms. The number of hydrogen-bond donors (Lipinski definition) is 3. The van der Waals surface area contributed by atoms with Crippen LogP contribution < -0.4 is 5.32 Å². The molecule has 0 aliphatic heterocycles. The Kier molecular flexibility index (Phi) is 4.41. The van der Waals surface area contributed by atoms with Gasteiger partial charge in [-0.05, 0) is 43.2 Å². The number of hydrogen-bond acceptors (Lipinski definition) is 5. The summed E-state index contributed by atoms with van der Waals surface area (Å²) in [5.41, 5.74) is 2.58. The summed E-state index contributed by atoms with van der Waals surface area (Å²) in [6, 6.07) is 3.85. The Hall–Kier alpha value is -3.00. The van der Waals surface area contributed by atoms with Crippen LogP contribution in [0.25, 0.3) is 33.9 Å². The van der Waals surface area contributed by atoms with Gasteiger partial charge in [-0.2, -0.15) is 0 Å². The molecule has 9 heteroatoms. The molecule has 2 bridgehead atoms. The van der Waals surface area contributed by atoms with Gasteiger partial charge in [0.2, 0.25) is 0 Å². The summed E-state index contributed by atoms with van der Waals surface area (Å²) in [4.78, 5) is 23.9. The normalized spacial score (nSPS) is 22.8. The quantitative estimate of drug-likeness (QED) is 0.408. The summed E-state index contributed by atoms with van der Waals surface area (Å²) in [6.07, 6.45) is 11.0. The fourth-order valence-electron chi connectivity index (χ4n) is 5.09. The molecule has 0 spiro atoms. The van der Waals surface area contributed by atoms with Gasteiger partial charge in [0.15, 0.2) is 23.1 Å². The summed E-state index contributed by atoms with van der Waals surface area (Å²) in [5, 5.41) is 3.71. The van der Waals surface area contributed by atoms with Crippen LogP contribution in [0.5, 0.6) is 0 Å². The van der Waals surface area contributed by atoms with Crippen LogP contribution in [0.15, 0.2) is 30.7 Å². The van der Waals surface area contributed by atoms with Crippen molar-refractivity contribution in [3.63, 3.8) is 0 Å². The van der Waals surface area contributed by atoms with Gasteiger partial charge in [-0.25, -0.2) is 24.3 Å². The maximum atomic E-state index is 15.6. The van der Waals surface area contributed by atoms with Gasteiger partial charge < -0.3 is 15.3 Å². The van der Waals surface area contributed by atoms with Crippen molar-refractivity contribution in [3.05, 3.63) is 41.7 Å². The molecule has 0 aromatic carbocycles. The molecule has 0 saturated heterocycles. The maximum absolute atomic E-state index is 15.6. The van der Waals surface area contributed by atoms with E-state index in [1.54, 1.807) is 18.5 Å². The van der Waals surface area contributed by atoms with Crippen LogP contribution in [0.4, 0.5) is 10.2 Å². The first-order valence-corrected chi connectivity index (χ1v) is 11.0. The fourth-order valence-corrected chi connectivity index (χ4v) is 5.22. The van der Waals surface area contributed by atoms with E-state index in [0.717, 1.165) is 12.3 Å². The second-order valence-electron chi connectivity index (χ2n) is 8.50. The molecule has 3 aliphatic rings. The van der Waals surface area contributed by atoms with Gasteiger partial charge in [-0.1, -0.05) is 24.4 Å². The van der Waals surface area contributed by atoms with Crippen LogP contribution in [0.1, 0.15) is 32.1 Å². The van der Waals surface area contributed by atoms with Gasteiger partial charge in [-0.3, -0.25) is 0 Å². The van der Waals surface area contributed by atoms with Crippen LogP contribution in [0, 0.1) is 17.7 Å². The average molecular weight is 438 g/mol. The first-order valence-electron chi connectivity index (χ1n) is 10.6. The van der Waals surface area contributed by atoms with Crippen molar-refractivity contribution in [2.75, 3.05) is 5.32 Å². The van der Waals surface area contributed by atoms with Gasteiger partial charge in [-0.15, -0.1) is 0 Å². The lowest BCUT2D eigenvalue weighted by atomic mass is 9.68. The molecule has 0 unspecified atom stereocenters. The first-order chi connectivity index (χ1) is 15.2. The Morgan fingerprint density at radius 2 is 1.97 bits per heavy atom. The molecular weight excluding hydrogens is 417 g/mol. The van der Waals surface area contributed by atoms with Crippen molar-refractivity contribution < 1.29 is 4.39 Å². The number of H-pyrrole nitrogens is 2. The third-order valence-electron chi connectivity index (χ3n) is 6.67. The number of aromatic amines is 2. The van der Waals surface area contributed by atoms with E-state index in [0.29, 0.717) is 34.2 Å². The van der Waals surface area contributed by atoms with Crippen LogP contribution >= 0.6 is 11.6 Å². The Labute approximate surface area is 182 Å². The highest BCUT2D eigenvalue weighted by atomic mass is 35.5. The number of anilines is 1. The highest BCUT2D eigenvalue weighted by Gasteiger charge is 2.36. The summed E-state index contributed by atoms with van der Waals surface area (Å²) >= 11 is 6.06. The van der Waals surface area contributed by atoms with Crippen molar-refractivity contribution >= 4 is 28.6 Å². The minimum absolute atomic E-state index is 0.225. The lowest BCUT2D eigenvalue weighted by molar-refractivity contribution is 0.157. The Balaban J connectivity index is 1.47. The Morgan fingerprint density at radius 1 is 1.10 bits per heavy atom. The van der Waals surface area contributed by atoms with Crippen LogP contribution in [-0.2, 0) is 0 Å². The van der Waals surface area contributed by atoms with Gasteiger partial charge in [0, 0.05) is 18.4 Å². The summed E-state index contributed by atoms with van der Waals surface area (Å²) in [6.45, 7) is 0. The van der Waals surface area contributed by atoms with Crippen LogP contribution in [-0.4, -0.2) is 35.9 Å². The molecule has 3 fully saturated rings. The van der Waals surface area contributed by atoms with Gasteiger partial charge in [0.05, 0.1) is 17.5 Å². The van der Waals surface area contributed by atoms with E-state index in [1.807, 2.05) is 6.07 Å². The molecule has 7 rings (SSSR count). The Morgan fingerprint density at radius 3 is 2.71 bits per heavy atom. The molecule has 3 saturated carbocycles. The standard InChI is InChI=1S/C22H21ClFN7/c23-16-10-27-22-18(29-16)13(9-26-22)20-30-19(14-2-1-7-25-14)17(24)21(31-20)28-15-8-11-3-5-12(15)6-4-11/h1-2,7,9-12,15,25H,3-6,8H2,(H,26,27)(H,28,30,31)/t11?,12?,15-/m1/s1. The molecule has 1 atom stereocenters. The van der Waals surface area contributed by atoms with Crippen molar-refractivity contribution in [3.8, 4) is 22.8 Å². The fraction of sp³-hybridized carbons (Fsp3) is 0.364. The smallest absolute Gasteiger partial charge is 0.193 e. The molecule has 3 N–H and O–H groups in total. The predicted molar refractivity (Wildman–Crippen MR) is 117 cm³/mol. The van der Waals surface area contributed by atoms with Crippen LogP contribution in [0.2, 0.25) is 5.15 Å². The number of fused-ring (bicyclic) bond motifs is 4. The first kappa shape index (κ1) is 18.7. The Bertz CT molecular complexity index is 1240. The summed E-state index contributed by atoms with van der Waals surface area (Å²) < 4.78 is 15.6. The number of halogens is 2. The molecule has 7 nitrogen and oxygen atoms in total. The second kappa shape index (κ2) is 7.30. The van der Waals surface area contributed by atoms with E-state index in [-0.39, 0.29) is 22.7 Å². The van der Waals surface area contributed by atoms with E-state index >= 15 is 4.39 Å². The van der Waals surface area contributed by atoms with Gasteiger partial charge >= 0.3 is 0 Å². The summed E-state index contributed by atoms with van der Waals surface area (Å²) in [5.74, 6) is 1.45. The van der Waals surface area contributed by atoms with E-state index in [1.165, 1.54) is 31.9 Å². The minimum atomic E-state index is -0.448. The zero-order valence-corrected chi connectivity index (χ0v) is 17.5. The topological polar surface area (TPSA) is 95.2 Å². The SMILES string of the molecule is Fc1c(N[C@@H]2CC3CCC2CC3)nc(-c2c[nH]c3ncc(Cl)nc23)nc1-c1ccc[nH]1. The van der Waals surface area contributed by atoms with E-state index in [4.69, 9.17) is 11.6 Å². The molecule has 4 heterocycles. The molecular formula is C22H21ClFN7. The van der Waals surface area contributed by atoms with Crippen molar-refractivity contribution in [2.24, 2.45) is 11.8 Å². The highest BCUT2D eigenvalue weighted by molar-refractivity contribution is 6.29. The minimum Gasteiger partial charge on any atom is -0.364 e. The van der Waals surface area contributed by atoms with Crippen molar-refractivity contribution in [2.45, 2.75) is 38.1 Å². The lowest BCUT2D eigenvalue weighted by Gasteiger charge is -2.42. The third kappa shape index (κ3) is 3.26. The van der Waals surface area contributed by atoms with Crippen molar-refractivity contribution in [1.82, 2.24) is 29.9 Å². The van der Waals surface area contributed by atoms with Gasteiger partial charge in [0.1, 0.15) is 16.4 Å². The average Bonchev–Trinajstić information content (AvgIpc) is 3.46. The number of nitrogens with one attached hydrogen (secondary N) is 3. The number of nitrogens with zero attached hydrogens (tertiary/aromatic N) is 4. The van der Waals surface area contributed by atoms with Gasteiger partial charge in [0.25, 0.3) is 0 Å². The number of rotatable bonds is 4. The van der Waals surface area contributed by atoms with E-state index in [2.05, 4.69) is 35.2 Å². The van der Waals surface area contributed by atoms with E-state index in [9.17, 15) is 0 Å². The molecule has 4 aromatic heterocycles. The maximum Gasteiger partial charge on any atom is 0.193 e. The molecule has 0 radical (unpaired) electrons. The van der Waals surface area contributed by atoms with Crippen LogP contribution in [0.3, 0.4) is 0 Å². The second-order valence-corrected chi connectivity index (χ2v) is 8.89. The van der Waals surface area contributed by atoms with Crippen molar-refractivity contribution in [1.29, 1.82) is 0 Å². The molecule has 4 aromatic rings. The highest BCUT2D eigenvalue weighted by Crippen LogP contribution is 2.43. The lowest BCUT2D eigenvalue weighted by Crippen LogP contribution is -2.40. The monoisotopic (exact) mass is 437 g/mol. The third-order valence-corrected chi connectivity index (χ3v) is 6.85. The number of aromatic nitrogens is 6. The zero-order valence-electron chi connectivity index (χ0n) is 16.7. The molecule has 158 valence electrons. The molecule has 0 amide bonds. The molecule has 3 aliphatic carbocycles. The van der Waals surface area contributed by atoms with E-state index < -0.39 is 5.82 Å². The predicted octanol–water partition coefficient (Wildman–Crippen LogP) is 5.19. The largest absolute Gasteiger partial charge is 0.364 e. The zero-order chi connectivity index (χ0) is 20.9.